The van der Waals surface area contributed by atoms with Crippen LogP contribution in [0.2, 0.25) is 0 Å². The van der Waals surface area contributed by atoms with Crippen LogP contribution in [-0.4, -0.2) is 53.1 Å². The van der Waals surface area contributed by atoms with Gasteiger partial charge in [-0.1, -0.05) is 0 Å². The summed E-state index contributed by atoms with van der Waals surface area (Å²) in [6.07, 6.45) is 3.19. The van der Waals surface area contributed by atoms with Gasteiger partial charge < -0.3 is 20.1 Å². The number of aromatic nitrogens is 2. The SMILES string of the molecule is CCn1ccnc(NCC(=O)N2CCNCC2)c1=O. The highest BCUT2D eigenvalue weighted by molar-refractivity contribution is 5.80. The lowest BCUT2D eigenvalue weighted by Gasteiger charge is -2.27. The molecule has 1 amide bonds. The lowest BCUT2D eigenvalue weighted by Crippen LogP contribution is -2.48. The lowest BCUT2D eigenvalue weighted by molar-refractivity contribution is -0.129. The summed E-state index contributed by atoms with van der Waals surface area (Å²) in [7, 11) is 0. The molecule has 0 radical (unpaired) electrons. The van der Waals surface area contributed by atoms with Crippen LogP contribution in [0.25, 0.3) is 0 Å². The number of hydrogen-bond donors (Lipinski definition) is 2. The Hall–Kier alpha value is -1.89. The Morgan fingerprint density at radius 3 is 2.89 bits per heavy atom. The first kappa shape index (κ1) is 13.5. The molecule has 7 heteroatoms. The molecule has 7 nitrogen and oxygen atoms in total. The quantitative estimate of drug-likeness (QED) is 0.738. The van der Waals surface area contributed by atoms with E-state index in [9.17, 15) is 9.59 Å². The van der Waals surface area contributed by atoms with Crippen molar-refractivity contribution < 1.29 is 4.79 Å². The number of nitrogens with zero attached hydrogens (tertiary/aromatic N) is 3. The highest BCUT2D eigenvalue weighted by Gasteiger charge is 2.16. The van der Waals surface area contributed by atoms with E-state index in [1.54, 1.807) is 21.9 Å². The zero-order chi connectivity index (χ0) is 13.7. The average Bonchev–Trinajstić information content (AvgIpc) is 2.47. The highest BCUT2D eigenvalue weighted by atomic mass is 16.2. The van der Waals surface area contributed by atoms with Gasteiger partial charge in [-0.15, -0.1) is 0 Å². The molecule has 2 heterocycles. The van der Waals surface area contributed by atoms with Crippen molar-refractivity contribution in [2.45, 2.75) is 13.5 Å². The molecule has 1 aromatic rings. The number of amides is 1. The van der Waals surface area contributed by atoms with Gasteiger partial charge in [-0.05, 0) is 6.92 Å². The van der Waals surface area contributed by atoms with E-state index in [-0.39, 0.29) is 23.8 Å². The maximum atomic E-state index is 11.9. The standard InChI is InChI=1S/C12H19N5O2/c1-2-16-8-5-14-11(12(16)19)15-9-10(18)17-6-3-13-4-7-17/h5,8,13H,2-4,6-7,9H2,1H3,(H,14,15). The molecule has 1 saturated heterocycles. The van der Waals surface area contributed by atoms with Crippen molar-refractivity contribution in [2.75, 3.05) is 38.0 Å². The predicted molar refractivity (Wildman–Crippen MR) is 72.1 cm³/mol. The van der Waals surface area contributed by atoms with E-state index < -0.39 is 0 Å². The van der Waals surface area contributed by atoms with Gasteiger partial charge in [0, 0.05) is 45.1 Å². The van der Waals surface area contributed by atoms with Gasteiger partial charge in [0.15, 0.2) is 5.82 Å². The Morgan fingerprint density at radius 2 is 2.21 bits per heavy atom. The summed E-state index contributed by atoms with van der Waals surface area (Å²) in [4.78, 5) is 29.6. The Labute approximate surface area is 111 Å². The molecule has 0 bridgehead atoms. The summed E-state index contributed by atoms with van der Waals surface area (Å²) < 4.78 is 1.55. The molecule has 0 unspecified atom stereocenters. The largest absolute Gasteiger partial charge is 0.356 e. The second-order valence-corrected chi connectivity index (χ2v) is 4.35. The fraction of sp³-hybridized carbons (Fsp3) is 0.583. The fourth-order valence-electron chi connectivity index (χ4n) is 2.00. The number of aryl methyl sites for hydroxylation is 1. The molecular weight excluding hydrogens is 246 g/mol. The highest BCUT2D eigenvalue weighted by Crippen LogP contribution is 1.96. The zero-order valence-electron chi connectivity index (χ0n) is 11.1. The van der Waals surface area contributed by atoms with Crippen LogP contribution >= 0.6 is 0 Å². The third kappa shape index (κ3) is 3.31. The molecule has 0 spiro atoms. The normalized spacial score (nSPS) is 15.3. The van der Waals surface area contributed by atoms with E-state index in [2.05, 4.69) is 15.6 Å². The molecule has 1 aromatic heterocycles. The molecule has 19 heavy (non-hydrogen) atoms. The van der Waals surface area contributed by atoms with E-state index in [1.165, 1.54) is 0 Å². The minimum atomic E-state index is -0.196. The molecule has 1 aliphatic heterocycles. The van der Waals surface area contributed by atoms with E-state index in [0.717, 1.165) is 13.1 Å². The average molecular weight is 265 g/mol. The molecule has 104 valence electrons. The van der Waals surface area contributed by atoms with Crippen LogP contribution in [-0.2, 0) is 11.3 Å². The Morgan fingerprint density at radius 1 is 1.47 bits per heavy atom. The molecule has 2 rings (SSSR count). The van der Waals surface area contributed by atoms with Crippen LogP contribution in [0.4, 0.5) is 5.82 Å². The first-order valence-electron chi connectivity index (χ1n) is 6.50. The van der Waals surface area contributed by atoms with Gasteiger partial charge in [-0.2, -0.15) is 0 Å². The van der Waals surface area contributed by atoms with Crippen molar-refractivity contribution in [2.24, 2.45) is 0 Å². The van der Waals surface area contributed by atoms with Crippen molar-refractivity contribution in [1.29, 1.82) is 0 Å². The van der Waals surface area contributed by atoms with Crippen LogP contribution in [0.1, 0.15) is 6.92 Å². The molecule has 0 aromatic carbocycles. The van der Waals surface area contributed by atoms with E-state index >= 15 is 0 Å². The maximum absolute atomic E-state index is 11.9. The molecular formula is C12H19N5O2. The first-order valence-corrected chi connectivity index (χ1v) is 6.50. The molecule has 2 N–H and O–H groups in total. The van der Waals surface area contributed by atoms with Gasteiger partial charge in [0.05, 0.1) is 6.54 Å². The number of hydrogen-bond acceptors (Lipinski definition) is 5. The monoisotopic (exact) mass is 265 g/mol. The minimum absolute atomic E-state index is 0.00500. The fourth-order valence-corrected chi connectivity index (χ4v) is 2.00. The zero-order valence-corrected chi connectivity index (χ0v) is 11.1. The number of piperazine rings is 1. The van der Waals surface area contributed by atoms with Gasteiger partial charge in [0.2, 0.25) is 5.91 Å². The van der Waals surface area contributed by atoms with Gasteiger partial charge in [0.1, 0.15) is 0 Å². The van der Waals surface area contributed by atoms with Gasteiger partial charge >= 0.3 is 0 Å². The van der Waals surface area contributed by atoms with Crippen molar-refractivity contribution in [1.82, 2.24) is 19.8 Å². The van der Waals surface area contributed by atoms with Crippen molar-refractivity contribution >= 4 is 11.7 Å². The van der Waals surface area contributed by atoms with E-state index in [4.69, 9.17) is 0 Å². The summed E-state index contributed by atoms with van der Waals surface area (Å²) in [5.74, 6) is 0.224. The molecule has 0 aliphatic carbocycles. The van der Waals surface area contributed by atoms with Crippen LogP contribution in [0.3, 0.4) is 0 Å². The van der Waals surface area contributed by atoms with Crippen LogP contribution in [0, 0.1) is 0 Å². The third-order valence-electron chi connectivity index (χ3n) is 3.13. The number of rotatable bonds is 4. The summed E-state index contributed by atoms with van der Waals surface area (Å²) in [6.45, 7) is 5.63. The van der Waals surface area contributed by atoms with E-state index in [1.807, 2.05) is 6.92 Å². The number of anilines is 1. The van der Waals surface area contributed by atoms with Gasteiger partial charge in [-0.3, -0.25) is 9.59 Å². The van der Waals surface area contributed by atoms with Crippen LogP contribution in [0.5, 0.6) is 0 Å². The van der Waals surface area contributed by atoms with Crippen LogP contribution in [0.15, 0.2) is 17.2 Å². The van der Waals surface area contributed by atoms with Crippen molar-refractivity contribution in [3.8, 4) is 0 Å². The van der Waals surface area contributed by atoms with Crippen molar-refractivity contribution in [3.05, 3.63) is 22.7 Å². The second-order valence-electron chi connectivity index (χ2n) is 4.35. The smallest absolute Gasteiger partial charge is 0.293 e. The number of carbonyl (C=O) groups excluding carboxylic acids is 1. The maximum Gasteiger partial charge on any atom is 0.293 e. The second kappa shape index (κ2) is 6.33. The Bertz CT molecular complexity index is 493. The topological polar surface area (TPSA) is 79.3 Å². The number of nitrogens with one attached hydrogen (secondary N) is 2. The van der Waals surface area contributed by atoms with E-state index in [0.29, 0.717) is 19.6 Å². The van der Waals surface area contributed by atoms with Gasteiger partial charge in [0.25, 0.3) is 5.56 Å². The van der Waals surface area contributed by atoms with Crippen LogP contribution < -0.4 is 16.2 Å². The molecule has 0 atom stereocenters. The van der Waals surface area contributed by atoms with Crippen molar-refractivity contribution in [3.63, 3.8) is 0 Å². The minimum Gasteiger partial charge on any atom is -0.356 e. The van der Waals surface area contributed by atoms with Gasteiger partial charge in [-0.25, -0.2) is 4.98 Å². The Balaban J connectivity index is 1.95. The molecule has 1 fully saturated rings. The summed E-state index contributed by atoms with van der Waals surface area (Å²) >= 11 is 0. The third-order valence-corrected chi connectivity index (χ3v) is 3.13. The summed E-state index contributed by atoms with van der Waals surface area (Å²) in [6, 6.07) is 0. The number of carbonyl (C=O) groups is 1. The first-order chi connectivity index (χ1) is 9.22. The Kier molecular flexibility index (Phi) is 4.51. The summed E-state index contributed by atoms with van der Waals surface area (Å²) in [5, 5.41) is 6.02. The predicted octanol–water partition coefficient (Wildman–Crippen LogP) is -0.893. The lowest BCUT2D eigenvalue weighted by atomic mass is 10.3. The molecule has 1 aliphatic rings. The molecule has 0 saturated carbocycles. The summed E-state index contributed by atoms with van der Waals surface area (Å²) in [5.41, 5.74) is -0.196.